The Morgan fingerprint density at radius 2 is 1.85 bits per heavy atom. The van der Waals surface area contributed by atoms with Crippen molar-refractivity contribution in [3.05, 3.63) is 18.2 Å². The van der Waals surface area contributed by atoms with Crippen molar-refractivity contribution < 1.29 is 19.0 Å². The molecule has 0 aliphatic carbocycles. The summed E-state index contributed by atoms with van der Waals surface area (Å²) in [5.74, 6) is 0.553. The van der Waals surface area contributed by atoms with Crippen LogP contribution in [0.1, 0.15) is 13.8 Å². The van der Waals surface area contributed by atoms with Crippen LogP contribution in [0.4, 0.5) is 11.4 Å². The smallest absolute Gasteiger partial charge is 0.221 e. The summed E-state index contributed by atoms with van der Waals surface area (Å²) in [4.78, 5) is 11.1. The fraction of sp³-hybridized carbons (Fsp3) is 0.500. The molecule has 0 aliphatic heterocycles. The van der Waals surface area contributed by atoms with Crippen LogP contribution in [0.15, 0.2) is 18.2 Å². The van der Waals surface area contributed by atoms with Crippen molar-refractivity contribution in [2.24, 2.45) is 0 Å². The van der Waals surface area contributed by atoms with Crippen LogP contribution in [0.2, 0.25) is 0 Å². The fourth-order valence-electron chi connectivity index (χ4n) is 1.92. The zero-order valence-corrected chi connectivity index (χ0v) is 12.5. The summed E-state index contributed by atoms with van der Waals surface area (Å²) in [5.41, 5.74) is 1.45. The number of methoxy groups -OCH3 is 3. The third-order valence-corrected chi connectivity index (χ3v) is 2.78. The highest BCUT2D eigenvalue weighted by atomic mass is 16.7. The number of amides is 1. The van der Waals surface area contributed by atoms with E-state index >= 15 is 0 Å². The third-order valence-electron chi connectivity index (χ3n) is 2.78. The summed E-state index contributed by atoms with van der Waals surface area (Å²) < 4.78 is 15.7. The largest absolute Gasteiger partial charge is 0.495 e. The lowest BCUT2D eigenvalue weighted by atomic mass is 10.2. The molecule has 6 heteroatoms. The number of anilines is 2. The van der Waals surface area contributed by atoms with E-state index in [0.29, 0.717) is 11.4 Å². The average Bonchev–Trinajstić information content (AvgIpc) is 2.39. The minimum atomic E-state index is -0.385. The second-order valence-electron chi connectivity index (χ2n) is 4.37. The molecule has 20 heavy (non-hydrogen) atoms. The average molecular weight is 282 g/mol. The second kappa shape index (κ2) is 7.72. The van der Waals surface area contributed by atoms with Crippen LogP contribution in [0.5, 0.6) is 5.75 Å². The van der Waals surface area contributed by atoms with Gasteiger partial charge in [-0.15, -0.1) is 0 Å². The molecule has 6 nitrogen and oxygen atoms in total. The molecule has 0 aliphatic rings. The van der Waals surface area contributed by atoms with E-state index < -0.39 is 0 Å². The summed E-state index contributed by atoms with van der Waals surface area (Å²) in [6.07, 6.45) is -0.385. The molecule has 1 aromatic carbocycles. The van der Waals surface area contributed by atoms with E-state index in [0.717, 1.165) is 5.69 Å². The molecule has 0 fully saturated rings. The number of benzene rings is 1. The highest BCUT2D eigenvalue weighted by Crippen LogP contribution is 2.29. The van der Waals surface area contributed by atoms with Gasteiger partial charge in [-0.25, -0.2) is 0 Å². The summed E-state index contributed by atoms with van der Waals surface area (Å²) in [7, 11) is 4.75. The van der Waals surface area contributed by atoms with E-state index in [4.69, 9.17) is 14.2 Å². The summed E-state index contributed by atoms with van der Waals surface area (Å²) in [6, 6.07) is 5.28. The Kier molecular flexibility index (Phi) is 6.27. The highest BCUT2D eigenvalue weighted by Gasteiger charge is 2.17. The first-order valence-electron chi connectivity index (χ1n) is 6.29. The van der Waals surface area contributed by atoms with Gasteiger partial charge in [0.05, 0.1) is 18.8 Å². The minimum Gasteiger partial charge on any atom is -0.495 e. The van der Waals surface area contributed by atoms with Gasteiger partial charge in [0.1, 0.15) is 5.75 Å². The molecule has 1 amide bonds. The third kappa shape index (κ3) is 4.40. The molecule has 0 aromatic heterocycles. The van der Waals surface area contributed by atoms with Gasteiger partial charge >= 0.3 is 0 Å². The molecular formula is C14H22N2O4. The molecule has 112 valence electrons. The predicted octanol–water partition coefficient (Wildman–Crippen LogP) is 2.07. The quantitative estimate of drug-likeness (QED) is 0.749. The van der Waals surface area contributed by atoms with Gasteiger partial charge in [0, 0.05) is 26.8 Å². The Bertz CT molecular complexity index is 447. The molecule has 0 radical (unpaired) electrons. The fourth-order valence-corrected chi connectivity index (χ4v) is 1.92. The van der Waals surface area contributed by atoms with E-state index in [-0.39, 0.29) is 18.2 Å². The van der Waals surface area contributed by atoms with Crippen LogP contribution < -0.4 is 15.4 Å². The second-order valence-corrected chi connectivity index (χ2v) is 4.37. The Morgan fingerprint density at radius 1 is 1.20 bits per heavy atom. The van der Waals surface area contributed by atoms with Crippen LogP contribution in [0.3, 0.4) is 0 Å². The van der Waals surface area contributed by atoms with Gasteiger partial charge in [-0.05, 0) is 25.1 Å². The number of carbonyl (C=O) groups is 1. The molecule has 1 unspecified atom stereocenters. The number of hydrogen-bond acceptors (Lipinski definition) is 5. The topological polar surface area (TPSA) is 68.8 Å². The Hall–Kier alpha value is -1.79. The van der Waals surface area contributed by atoms with Gasteiger partial charge in [0.15, 0.2) is 6.29 Å². The van der Waals surface area contributed by atoms with Crippen LogP contribution in [0, 0.1) is 0 Å². The van der Waals surface area contributed by atoms with E-state index in [2.05, 4.69) is 10.6 Å². The maximum Gasteiger partial charge on any atom is 0.221 e. The van der Waals surface area contributed by atoms with Crippen LogP contribution in [-0.2, 0) is 14.3 Å². The lowest BCUT2D eigenvalue weighted by molar-refractivity contribution is -0.114. The zero-order valence-electron chi connectivity index (χ0n) is 12.5. The zero-order chi connectivity index (χ0) is 15.1. The molecule has 2 N–H and O–H groups in total. The number of ether oxygens (including phenoxy) is 3. The number of rotatable bonds is 7. The monoisotopic (exact) mass is 282 g/mol. The standard InChI is InChI=1S/C14H22N2O4/c1-9(14(19-4)20-5)15-12-8-11(16-10(2)17)6-7-13(12)18-3/h6-9,14-15H,1-5H3,(H,16,17). The SMILES string of the molecule is COc1ccc(NC(C)=O)cc1NC(C)C(OC)OC. The normalized spacial score (nSPS) is 12.1. The number of hydrogen-bond donors (Lipinski definition) is 2. The van der Waals surface area contributed by atoms with Gasteiger partial charge in [-0.3, -0.25) is 4.79 Å². The van der Waals surface area contributed by atoms with Crippen LogP contribution in [-0.4, -0.2) is 39.6 Å². The molecule has 0 bridgehead atoms. The maximum atomic E-state index is 11.1. The molecule has 1 rings (SSSR count). The Labute approximate surface area is 119 Å². The molecule has 0 saturated heterocycles. The molecule has 0 spiro atoms. The first-order chi connectivity index (χ1) is 9.51. The molecular weight excluding hydrogens is 260 g/mol. The Balaban J connectivity index is 2.93. The van der Waals surface area contributed by atoms with Gasteiger partial charge < -0.3 is 24.8 Å². The molecule has 1 aromatic rings. The highest BCUT2D eigenvalue weighted by molar-refractivity contribution is 5.89. The summed E-state index contributed by atoms with van der Waals surface area (Å²) in [5, 5.41) is 5.98. The van der Waals surface area contributed by atoms with Crippen LogP contribution in [0.25, 0.3) is 0 Å². The lowest BCUT2D eigenvalue weighted by Crippen LogP contribution is -2.33. The van der Waals surface area contributed by atoms with E-state index in [1.807, 2.05) is 6.92 Å². The Morgan fingerprint density at radius 3 is 2.35 bits per heavy atom. The van der Waals surface area contributed by atoms with Crippen molar-refractivity contribution in [3.8, 4) is 5.75 Å². The predicted molar refractivity (Wildman–Crippen MR) is 78.2 cm³/mol. The molecule has 1 atom stereocenters. The first kappa shape index (κ1) is 16.3. The molecule has 0 heterocycles. The number of nitrogens with one attached hydrogen (secondary N) is 2. The summed E-state index contributed by atoms with van der Waals surface area (Å²) in [6.45, 7) is 3.40. The van der Waals surface area contributed by atoms with Gasteiger partial charge in [-0.1, -0.05) is 0 Å². The van der Waals surface area contributed by atoms with Crippen molar-refractivity contribution in [1.82, 2.24) is 0 Å². The van der Waals surface area contributed by atoms with E-state index in [9.17, 15) is 4.79 Å². The molecule has 0 saturated carbocycles. The van der Waals surface area contributed by atoms with E-state index in [1.54, 1.807) is 39.5 Å². The maximum absolute atomic E-state index is 11.1. The van der Waals surface area contributed by atoms with E-state index in [1.165, 1.54) is 6.92 Å². The first-order valence-corrected chi connectivity index (χ1v) is 6.29. The van der Waals surface area contributed by atoms with Gasteiger partial charge in [0.2, 0.25) is 5.91 Å². The minimum absolute atomic E-state index is 0.0912. The lowest BCUT2D eigenvalue weighted by Gasteiger charge is -2.24. The van der Waals surface area contributed by atoms with Crippen molar-refractivity contribution in [1.29, 1.82) is 0 Å². The van der Waals surface area contributed by atoms with Crippen LogP contribution >= 0.6 is 0 Å². The van der Waals surface area contributed by atoms with Crippen molar-refractivity contribution in [3.63, 3.8) is 0 Å². The van der Waals surface area contributed by atoms with Crippen molar-refractivity contribution in [2.75, 3.05) is 32.0 Å². The van der Waals surface area contributed by atoms with Crippen molar-refractivity contribution >= 4 is 17.3 Å². The van der Waals surface area contributed by atoms with Gasteiger partial charge in [0.25, 0.3) is 0 Å². The number of carbonyl (C=O) groups excluding carboxylic acids is 1. The van der Waals surface area contributed by atoms with Gasteiger partial charge in [-0.2, -0.15) is 0 Å². The summed E-state index contributed by atoms with van der Waals surface area (Å²) >= 11 is 0. The van der Waals surface area contributed by atoms with Crippen molar-refractivity contribution in [2.45, 2.75) is 26.2 Å².